The van der Waals surface area contributed by atoms with Crippen LogP contribution in [-0.4, -0.2) is 100 Å². The second kappa shape index (κ2) is 18.5. The van der Waals surface area contributed by atoms with Gasteiger partial charge in [-0.1, -0.05) is 52.8 Å². The van der Waals surface area contributed by atoms with Gasteiger partial charge in [-0.05, 0) is 77.3 Å². The molecule has 15 heteroatoms. The van der Waals surface area contributed by atoms with Gasteiger partial charge < -0.3 is 33.1 Å². The first kappa shape index (κ1) is 48.1. The number of fused-ring (bicyclic) bond motifs is 8. The summed E-state index contributed by atoms with van der Waals surface area (Å²) in [4.78, 5) is 16.8. The van der Waals surface area contributed by atoms with Crippen LogP contribution in [-0.2, 0) is 49.7 Å². The zero-order valence-corrected chi connectivity index (χ0v) is 41.6. The van der Waals surface area contributed by atoms with Gasteiger partial charge in [-0.25, -0.2) is 13.1 Å². The van der Waals surface area contributed by atoms with Gasteiger partial charge in [0.15, 0.2) is 0 Å². The van der Waals surface area contributed by atoms with Gasteiger partial charge in [-0.3, -0.25) is 4.79 Å². The molecule has 3 aromatic rings. The number of benzene rings is 3. The van der Waals surface area contributed by atoms with Crippen LogP contribution < -0.4 is 14.5 Å². The fraction of sp³-hybridized carbons (Fsp3) is 0.592. The summed E-state index contributed by atoms with van der Waals surface area (Å²) < 4.78 is 65.7. The van der Waals surface area contributed by atoms with Crippen LogP contribution in [0.3, 0.4) is 0 Å². The monoisotopic (exact) mass is 917 g/mol. The molecule has 4 atom stereocenters. The fourth-order valence-electron chi connectivity index (χ4n) is 10.5. The van der Waals surface area contributed by atoms with Gasteiger partial charge in [0.25, 0.3) is 8.53 Å². The molecule has 1 spiro atoms. The van der Waals surface area contributed by atoms with Gasteiger partial charge in [-0.2, -0.15) is 9.57 Å². The summed E-state index contributed by atoms with van der Waals surface area (Å²) in [5.74, 6) is 0.870. The quantitative estimate of drug-likeness (QED) is 0.0684. The van der Waals surface area contributed by atoms with E-state index in [1.54, 1.807) is 16.4 Å². The number of sulfonamides is 1. The molecule has 0 amide bonds. The van der Waals surface area contributed by atoms with Crippen molar-refractivity contribution >= 4 is 35.9 Å². The summed E-state index contributed by atoms with van der Waals surface area (Å²) in [6.45, 7) is 27.9. The zero-order valence-electron chi connectivity index (χ0n) is 39.9. The third-order valence-electron chi connectivity index (χ3n) is 14.1. The number of carbonyl (C=O) groups excluding carboxylic acids is 1. The average molecular weight is 918 g/mol. The van der Waals surface area contributed by atoms with Crippen molar-refractivity contribution < 1.29 is 36.5 Å². The van der Waals surface area contributed by atoms with E-state index in [0.29, 0.717) is 23.6 Å². The number of rotatable bonds is 18. The minimum Gasteiger partial charge on any atom is -0.464 e. The molecule has 0 aliphatic carbocycles. The van der Waals surface area contributed by atoms with Crippen LogP contribution in [0.1, 0.15) is 124 Å². The van der Waals surface area contributed by atoms with Crippen molar-refractivity contribution in [2.75, 3.05) is 62.5 Å². The number of anilines is 2. The van der Waals surface area contributed by atoms with Crippen LogP contribution in [0.25, 0.3) is 0 Å². The van der Waals surface area contributed by atoms with Crippen LogP contribution >= 0.6 is 8.53 Å². The van der Waals surface area contributed by atoms with E-state index in [1.807, 2.05) is 12.1 Å². The van der Waals surface area contributed by atoms with Gasteiger partial charge in [-0.15, -0.1) is 0 Å². The molecule has 0 aromatic heterocycles. The minimum atomic E-state index is -4.10. The van der Waals surface area contributed by atoms with Gasteiger partial charge in [0, 0.05) is 95.2 Å². The molecule has 3 aromatic carbocycles. The molecule has 7 rings (SSSR count). The second-order valence-corrected chi connectivity index (χ2v) is 22.4. The predicted octanol–water partition coefficient (Wildman–Crippen LogP) is 9.34. The Bertz CT molecular complexity index is 2380. The van der Waals surface area contributed by atoms with Crippen molar-refractivity contribution in [3.8, 4) is 17.6 Å². The molecular formula is C49H68N5O8PS. The topological polar surface area (TPSA) is 134 Å². The first-order valence-corrected chi connectivity index (χ1v) is 25.5. The SMILES string of the molecule is CCCN1c2cc3c(cc2C(C)(C)[C@H]1C)C1(c2cc4c(cc2O3)N(CCOC(C)=O)[C@H](C)C4(C)C)c2ccccc2S(=O)(=O)N1CCOCCOP(OCCC#N)N(C(C)C)C(C)C. The lowest BCUT2D eigenvalue weighted by Crippen LogP contribution is -2.49. The summed E-state index contributed by atoms with van der Waals surface area (Å²) in [6, 6.07) is 18.7. The number of ether oxygens (including phenoxy) is 3. The number of hydrogen-bond donors (Lipinski definition) is 0. The minimum absolute atomic E-state index is 0.0335. The molecule has 2 unspecified atom stereocenters. The van der Waals surface area contributed by atoms with Crippen molar-refractivity contribution in [2.24, 2.45) is 0 Å². The number of nitrogens with zero attached hydrogens (tertiary/aromatic N) is 5. The van der Waals surface area contributed by atoms with Gasteiger partial charge in [0.05, 0.1) is 50.4 Å². The van der Waals surface area contributed by atoms with E-state index in [4.69, 9.17) is 28.5 Å². The fourth-order valence-corrected chi connectivity index (χ4v) is 14.0. The van der Waals surface area contributed by atoms with E-state index in [1.165, 1.54) is 6.92 Å². The smallest absolute Gasteiger partial charge is 0.302 e. The molecule has 4 aliphatic rings. The highest BCUT2D eigenvalue weighted by Gasteiger charge is 2.61. The van der Waals surface area contributed by atoms with E-state index in [0.717, 1.165) is 46.6 Å². The highest BCUT2D eigenvalue weighted by atomic mass is 32.2. The summed E-state index contributed by atoms with van der Waals surface area (Å²) >= 11 is 0. The van der Waals surface area contributed by atoms with Crippen LogP contribution in [0.5, 0.6) is 11.5 Å². The van der Waals surface area contributed by atoms with Crippen molar-refractivity contribution in [3.63, 3.8) is 0 Å². The van der Waals surface area contributed by atoms with Crippen LogP contribution in [0.2, 0.25) is 0 Å². The third kappa shape index (κ3) is 8.01. The number of carbonyl (C=O) groups is 1. The highest BCUT2D eigenvalue weighted by molar-refractivity contribution is 7.89. The molecule has 0 bridgehead atoms. The van der Waals surface area contributed by atoms with Crippen LogP contribution in [0, 0.1) is 11.3 Å². The molecule has 0 saturated heterocycles. The lowest BCUT2D eigenvalue weighted by molar-refractivity contribution is -0.140. The maximum atomic E-state index is 15.3. The Morgan fingerprint density at radius 3 is 1.91 bits per heavy atom. The highest BCUT2D eigenvalue weighted by Crippen LogP contribution is 2.63. The normalized spacial score (nSPS) is 22.6. The molecular weight excluding hydrogens is 850 g/mol. The Kier molecular flexibility index (Phi) is 13.9. The second-order valence-electron chi connectivity index (χ2n) is 19.1. The Hall–Kier alpha value is -3.80. The molecule has 4 aliphatic heterocycles. The van der Waals surface area contributed by atoms with E-state index in [-0.39, 0.29) is 91.9 Å². The average Bonchev–Trinajstić information content (AvgIpc) is 3.63. The Morgan fingerprint density at radius 2 is 1.36 bits per heavy atom. The summed E-state index contributed by atoms with van der Waals surface area (Å²) in [6.07, 6.45) is 1.24. The lowest BCUT2D eigenvalue weighted by Gasteiger charge is -2.44. The number of esters is 1. The maximum absolute atomic E-state index is 15.3. The molecule has 0 saturated carbocycles. The van der Waals surface area contributed by atoms with Crippen molar-refractivity contribution in [2.45, 2.75) is 141 Å². The molecule has 4 heterocycles. The molecule has 0 radical (unpaired) electrons. The van der Waals surface area contributed by atoms with Gasteiger partial charge >= 0.3 is 5.97 Å². The van der Waals surface area contributed by atoms with Crippen molar-refractivity contribution in [1.29, 1.82) is 5.26 Å². The first-order chi connectivity index (χ1) is 30.3. The Morgan fingerprint density at radius 1 is 0.797 bits per heavy atom. The molecule has 0 N–H and O–H groups in total. The molecule has 64 heavy (non-hydrogen) atoms. The predicted molar refractivity (Wildman–Crippen MR) is 252 cm³/mol. The summed E-state index contributed by atoms with van der Waals surface area (Å²) in [5.41, 5.74) is 4.61. The molecule has 348 valence electrons. The van der Waals surface area contributed by atoms with E-state index in [9.17, 15) is 4.79 Å². The van der Waals surface area contributed by atoms with Crippen molar-refractivity contribution in [1.82, 2.24) is 8.98 Å². The van der Waals surface area contributed by atoms with Crippen LogP contribution in [0.4, 0.5) is 11.4 Å². The Balaban J connectivity index is 1.34. The number of nitriles is 1. The van der Waals surface area contributed by atoms with Crippen LogP contribution in [0.15, 0.2) is 53.4 Å². The molecule has 0 fully saturated rings. The summed E-state index contributed by atoms with van der Waals surface area (Å²) in [5, 5.41) is 9.16. The van der Waals surface area contributed by atoms with Gasteiger partial charge in [0.1, 0.15) is 23.6 Å². The van der Waals surface area contributed by atoms with E-state index >= 15 is 8.42 Å². The standard InChI is InChI=1S/C49H68N5O8PS/c1-13-20-51-34(6)47(9,10)38-28-40-44(30-42(38)51)62-45-31-43-39(48(11,12)35(7)52(43)21-25-59-36(8)55)29-41(45)49(40)37-17-14-15-18-46(37)64(56,57)53(49)22-24-58-26-27-61-63(60-23-16-19-50)54(32(2)3)33(4)5/h14-15,17-18,28-35H,13,16,20-27H2,1-12H3/t34-,35-,49?,63?/m1/s1. The van der Waals surface area contributed by atoms with E-state index in [2.05, 4.69) is 121 Å². The first-order valence-electron chi connectivity index (χ1n) is 22.9. The lowest BCUT2D eigenvalue weighted by atomic mass is 9.71. The van der Waals surface area contributed by atoms with Gasteiger partial charge in [0.2, 0.25) is 10.0 Å². The largest absolute Gasteiger partial charge is 0.464 e. The zero-order chi connectivity index (χ0) is 46.5. The van der Waals surface area contributed by atoms with E-state index < -0.39 is 24.1 Å². The summed E-state index contributed by atoms with van der Waals surface area (Å²) in [7, 11) is -5.55. The van der Waals surface area contributed by atoms with Crippen molar-refractivity contribution in [3.05, 3.63) is 76.3 Å². The maximum Gasteiger partial charge on any atom is 0.302 e. The molecule has 13 nitrogen and oxygen atoms in total. The number of hydrogen-bond acceptors (Lipinski definition) is 12. The third-order valence-corrected chi connectivity index (χ3v) is 18.1. The Labute approximate surface area is 382 Å².